The van der Waals surface area contributed by atoms with Crippen LogP contribution in [0.2, 0.25) is 5.02 Å². The zero-order valence-electron chi connectivity index (χ0n) is 18.7. The Kier molecular flexibility index (Phi) is 6.86. The van der Waals surface area contributed by atoms with Crippen LogP contribution in [0.4, 0.5) is 0 Å². The third-order valence-corrected chi connectivity index (χ3v) is 6.18. The molecule has 0 saturated heterocycles. The number of allylic oxidation sites excluding steroid dienone is 1. The summed E-state index contributed by atoms with van der Waals surface area (Å²) < 4.78 is 5.72. The zero-order valence-corrected chi connectivity index (χ0v) is 20.3. The Bertz CT molecular complexity index is 977. The van der Waals surface area contributed by atoms with Gasteiger partial charge in [0.15, 0.2) is 5.17 Å². The molecule has 1 aromatic rings. The molecule has 2 aliphatic rings. The van der Waals surface area contributed by atoms with Gasteiger partial charge in [-0.15, -0.1) is 0 Å². The second-order valence-electron chi connectivity index (χ2n) is 8.53. The van der Waals surface area contributed by atoms with Crippen LogP contribution in [0.15, 0.2) is 51.6 Å². The molecule has 0 radical (unpaired) electrons. The van der Waals surface area contributed by atoms with Gasteiger partial charge in [-0.25, -0.2) is 9.79 Å². The van der Waals surface area contributed by atoms with Crippen molar-refractivity contribution < 1.29 is 14.3 Å². The Morgan fingerprint density at radius 2 is 1.90 bits per heavy atom. The zero-order chi connectivity index (χ0) is 22.9. The van der Waals surface area contributed by atoms with Gasteiger partial charge in [0, 0.05) is 24.3 Å². The normalized spacial score (nSPS) is 18.4. The third-order valence-electron chi connectivity index (χ3n) is 5.04. The molecule has 2 heterocycles. The molecule has 6 nitrogen and oxygen atoms in total. The lowest BCUT2D eigenvalue weighted by molar-refractivity contribution is -0.150. The Labute approximate surface area is 193 Å². The van der Waals surface area contributed by atoms with Gasteiger partial charge in [0.1, 0.15) is 5.60 Å². The minimum atomic E-state index is -0.642. The van der Waals surface area contributed by atoms with Crippen molar-refractivity contribution in [3.05, 3.63) is 57.2 Å². The van der Waals surface area contributed by atoms with Gasteiger partial charge in [-0.3, -0.25) is 4.79 Å². The van der Waals surface area contributed by atoms with Crippen LogP contribution < -0.4 is 0 Å². The van der Waals surface area contributed by atoms with Gasteiger partial charge < -0.3 is 14.5 Å². The topological polar surface area (TPSA) is 62.2 Å². The minimum Gasteiger partial charge on any atom is -0.456 e. The first-order valence-corrected chi connectivity index (χ1v) is 11.4. The number of aliphatic imine (C=N–C) groups is 1. The number of amides is 1. The van der Waals surface area contributed by atoms with E-state index in [1.54, 1.807) is 24.1 Å². The maximum Gasteiger partial charge on any atom is 0.338 e. The van der Waals surface area contributed by atoms with Crippen LogP contribution in [0.25, 0.3) is 0 Å². The average Bonchev–Trinajstić information content (AvgIpc) is 3.07. The first kappa shape index (κ1) is 23.4. The molecule has 1 atom stereocenters. The molecule has 0 saturated carbocycles. The molecule has 0 aliphatic carbocycles. The van der Waals surface area contributed by atoms with Gasteiger partial charge in [0.05, 0.1) is 23.7 Å². The van der Waals surface area contributed by atoms with E-state index in [0.717, 1.165) is 16.4 Å². The fourth-order valence-corrected chi connectivity index (χ4v) is 4.48. The van der Waals surface area contributed by atoms with Crippen LogP contribution >= 0.6 is 23.4 Å². The van der Waals surface area contributed by atoms with Crippen molar-refractivity contribution in [1.82, 2.24) is 9.80 Å². The van der Waals surface area contributed by atoms with Crippen molar-refractivity contribution >= 4 is 40.4 Å². The fraction of sp³-hybridized carbons (Fsp3) is 0.435. The fourth-order valence-electron chi connectivity index (χ4n) is 3.39. The maximum absolute atomic E-state index is 13.2. The van der Waals surface area contributed by atoms with Gasteiger partial charge >= 0.3 is 5.97 Å². The number of thioether (sulfide) groups is 1. The number of amidine groups is 1. The predicted octanol–water partition coefficient (Wildman–Crippen LogP) is 5.13. The number of esters is 1. The highest BCUT2D eigenvalue weighted by Gasteiger charge is 2.42. The van der Waals surface area contributed by atoms with E-state index in [4.69, 9.17) is 16.3 Å². The van der Waals surface area contributed by atoms with E-state index in [0.29, 0.717) is 22.8 Å². The number of carbonyl (C=O) groups excluding carboxylic acids is 2. The largest absolute Gasteiger partial charge is 0.456 e. The van der Waals surface area contributed by atoms with Gasteiger partial charge in [0.2, 0.25) is 5.91 Å². The van der Waals surface area contributed by atoms with Crippen molar-refractivity contribution in [2.24, 2.45) is 4.99 Å². The first-order chi connectivity index (χ1) is 14.5. The quantitative estimate of drug-likeness (QED) is 0.569. The number of ether oxygens (including phenoxy) is 1. The number of halogens is 1. The summed E-state index contributed by atoms with van der Waals surface area (Å²) >= 11 is 7.58. The number of fused-ring (bicyclic) bond motifs is 1. The Hall–Kier alpha value is -2.25. The second-order valence-corrected chi connectivity index (χ2v) is 9.80. The number of hydrogen-bond acceptors (Lipinski definition) is 6. The van der Waals surface area contributed by atoms with E-state index >= 15 is 0 Å². The molecule has 0 fully saturated rings. The molecule has 1 aromatic carbocycles. The van der Waals surface area contributed by atoms with Gasteiger partial charge in [-0.2, -0.15) is 0 Å². The van der Waals surface area contributed by atoms with Gasteiger partial charge in [-0.05, 0) is 57.7 Å². The van der Waals surface area contributed by atoms with Crippen LogP contribution in [-0.4, -0.2) is 46.0 Å². The SMILES string of the molecule is CCN(C)C(=O)CC1=CSC2=NC(C)=C(C(=O)OC(C)(C)C)C(c3ccc(Cl)cc3)N12. The highest BCUT2D eigenvalue weighted by Crippen LogP contribution is 2.45. The molecule has 1 amide bonds. The van der Waals surface area contributed by atoms with Gasteiger partial charge in [0.25, 0.3) is 0 Å². The molecule has 1 unspecified atom stereocenters. The summed E-state index contributed by atoms with van der Waals surface area (Å²) in [5.74, 6) is -0.406. The van der Waals surface area contributed by atoms with Crippen LogP contribution in [0.1, 0.15) is 52.6 Å². The number of carbonyl (C=O) groups is 2. The summed E-state index contributed by atoms with van der Waals surface area (Å²) in [6.07, 6.45) is 0.223. The lowest BCUT2D eigenvalue weighted by atomic mass is 9.93. The van der Waals surface area contributed by atoms with Crippen molar-refractivity contribution in [1.29, 1.82) is 0 Å². The van der Waals surface area contributed by atoms with Crippen LogP contribution in [-0.2, 0) is 14.3 Å². The highest BCUT2D eigenvalue weighted by atomic mass is 35.5. The van der Waals surface area contributed by atoms with Crippen LogP contribution in [0.5, 0.6) is 0 Å². The highest BCUT2D eigenvalue weighted by molar-refractivity contribution is 8.16. The summed E-state index contributed by atoms with van der Waals surface area (Å²) in [6, 6.07) is 6.93. The van der Waals surface area contributed by atoms with E-state index in [-0.39, 0.29) is 12.3 Å². The van der Waals surface area contributed by atoms with E-state index in [2.05, 4.69) is 4.99 Å². The van der Waals surface area contributed by atoms with Crippen LogP contribution in [0.3, 0.4) is 0 Å². The lowest BCUT2D eigenvalue weighted by Crippen LogP contribution is -2.39. The number of benzene rings is 1. The summed E-state index contributed by atoms with van der Waals surface area (Å²) in [4.78, 5) is 34.2. The van der Waals surface area contributed by atoms with Crippen molar-refractivity contribution in [2.75, 3.05) is 13.6 Å². The number of rotatable bonds is 5. The minimum absolute atomic E-state index is 0.00977. The molecule has 2 aliphatic heterocycles. The molecular weight excluding hydrogens is 434 g/mol. The summed E-state index contributed by atoms with van der Waals surface area (Å²) in [7, 11) is 1.78. The number of hydrogen-bond donors (Lipinski definition) is 0. The Morgan fingerprint density at radius 3 is 2.48 bits per heavy atom. The Morgan fingerprint density at radius 1 is 1.26 bits per heavy atom. The van der Waals surface area contributed by atoms with Crippen molar-refractivity contribution in [3.8, 4) is 0 Å². The molecule has 0 bridgehead atoms. The summed E-state index contributed by atoms with van der Waals surface area (Å²) in [5, 5.41) is 3.29. The van der Waals surface area contributed by atoms with E-state index in [9.17, 15) is 9.59 Å². The van der Waals surface area contributed by atoms with E-state index in [1.165, 1.54) is 11.8 Å². The molecule has 31 heavy (non-hydrogen) atoms. The second kappa shape index (κ2) is 9.09. The number of nitrogens with zero attached hydrogens (tertiary/aromatic N) is 3. The molecule has 8 heteroatoms. The summed E-state index contributed by atoms with van der Waals surface area (Å²) in [5.41, 5.74) is 2.12. The average molecular weight is 462 g/mol. The molecule has 3 rings (SSSR count). The predicted molar refractivity (Wildman–Crippen MR) is 126 cm³/mol. The Balaban J connectivity index is 2.06. The molecule has 166 valence electrons. The molecule has 0 aromatic heterocycles. The van der Waals surface area contributed by atoms with E-state index in [1.807, 2.05) is 57.1 Å². The maximum atomic E-state index is 13.2. The summed E-state index contributed by atoms with van der Waals surface area (Å²) in [6.45, 7) is 9.90. The molecular formula is C23H28ClN3O3S. The first-order valence-electron chi connectivity index (χ1n) is 10.2. The molecule has 0 spiro atoms. The van der Waals surface area contributed by atoms with Gasteiger partial charge in [-0.1, -0.05) is 35.5 Å². The van der Waals surface area contributed by atoms with Crippen LogP contribution in [0, 0.1) is 0 Å². The molecule has 0 N–H and O–H groups in total. The van der Waals surface area contributed by atoms with Crippen molar-refractivity contribution in [3.63, 3.8) is 0 Å². The monoisotopic (exact) mass is 461 g/mol. The smallest absolute Gasteiger partial charge is 0.338 e. The van der Waals surface area contributed by atoms with Crippen molar-refractivity contribution in [2.45, 2.75) is 52.7 Å². The lowest BCUT2D eigenvalue weighted by Gasteiger charge is -2.37. The standard InChI is InChI=1S/C23H28ClN3O3S/c1-7-26(6)18(28)12-17-13-31-22-25-14(2)19(21(29)30-23(3,4)5)20(27(17)22)15-8-10-16(24)11-9-15/h8-11,13,20H,7,12H2,1-6H3. The van der Waals surface area contributed by atoms with E-state index < -0.39 is 17.6 Å². The third kappa shape index (κ3) is 5.15.